The van der Waals surface area contributed by atoms with E-state index in [1.807, 2.05) is 56.3 Å². The third-order valence-corrected chi connectivity index (χ3v) is 5.01. The number of hydrogen-bond donors (Lipinski definition) is 1. The zero-order valence-electron chi connectivity index (χ0n) is 16.6. The molecule has 29 heavy (non-hydrogen) atoms. The number of carbonyl (C=O) groups is 1. The molecule has 0 spiro atoms. The van der Waals surface area contributed by atoms with E-state index in [1.165, 1.54) is 4.68 Å². The predicted molar refractivity (Wildman–Crippen MR) is 110 cm³/mol. The van der Waals surface area contributed by atoms with E-state index in [-0.39, 0.29) is 24.2 Å². The average Bonchev–Trinajstić information content (AvgIpc) is 3.25. The van der Waals surface area contributed by atoms with E-state index in [4.69, 9.17) is 4.74 Å². The average molecular weight is 392 g/mol. The number of aromatic nitrogens is 3. The number of fused-ring (bicyclic) bond motifs is 1. The highest BCUT2D eigenvalue weighted by atomic mass is 16.5. The number of nitrogens with one attached hydrogen (secondary N) is 1. The molecule has 1 amide bonds. The molecule has 2 heterocycles. The zero-order chi connectivity index (χ0) is 20.4. The van der Waals surface area contributed by atoms with Crippen LogP contribution >= 0.6 is 0 Å². The Kier molecular flexibility index (Phi) is 5.20. The summed E-state index contributed by atoms with van der Waals surface area (Å²) >= 11 is 0. The van der Waals surface area contributed by atoms with Gasteiger partial charge in [-0.05, 0) is 31.0 Å². The SMILES string of the molecule is CCn1c(-c2ccccc2)nn(CC(=O)NCc2ccc3c(c2)C[C@@H](C)O3)c1=O. The van der Waals surface area contributed by atoms with Crippen LogP contribution in [-0.2, 0) is 30.8 Å². The first-order valence-corrected chi connectivity index (χ1v) is 9.83. The van der Waals surface area contributed by atoms with Crippen LogP contribution in [0, 0.1) is 0 Å². The minimum absolute atomic E-state index is 0.114. The van der Waals surface area contributed by atoms with Gasteiger partial charge in [-0.1, -0.05) is 42.5 Å². The van der Waals surface area contributed by atoms with Gasteiger partial charge in [0.15, 0.2) is 5.82 Å². The Morgan fingerprint density at radius 3 is 2.79 bits per heavy atom. The van der Waals surface area contributed by atoms with Crippen molar-refractivity contribution in [3.8, 4) is 17.1 Å². The van der Waals surface area contributed by atoms with Crippen LogP contribution in [0.4, 0.5) is 0 Å². The van der Waals surface area contributed by atoms with Crippen molar-refractivity contribution in [3.63, 3.8) is 0 Å². The lowest BCUT2D eigenvalue weighted by atomic mass is 10.1. The quantitative estimate of drug-likeness (QED) is 0.699. The van der Waals surface area contributed by atoms with Gasteiger partial charge in [0, 0.05) is 25.1 Å². The molecule has 4 rings (SSSR count). The Bertz CT molecular complexity index is 1090. The summed E-state index contributed by atoms with van der Waals surface area (Å²) in [4.78, 5) is 25.1. The zero-order valence-corrected chi connectivity index (χ0v) is 16.6. The normalized spacial score (nSPS) is 15.0. The fraction of sp³-hybridized carbons (Fsp3) is 0.318. The molecule has 0 aliphatic carbocycles. The first-order chi connectivity index (χ1) is 14.0. The molecule has 3 aromatic rings. The molecule has 1 atom stereocenters. The summed E-state index contributed by atoms with van der Waals surface area (Å²) < 4.78 is 8.50. The molecule has 0 radical (unpaired) electrons. The highest BCUT2D eigenvalue weighted by molar-refractivity contribution is 5.75. The molecule has 1 aliphatic rings. The summed E-state index contributed by atoms with van der Waals surface area (Å²) in [7, 11) is 0. The number of rotatable bonds is 6. The second kappa shape index (κ2) is 7.95. The lowest BCUT2D eigenvalue weighted by Crippen LogP contribution is -2.33. The minimum Gasteiger partial charge on any atom is -0.490 e. The molecule has 0 saturated carbocycles. The maximum absolute atomic E-state index is 12.6. The van der Waals surface area contributed by atoms with Crippen LogP contribution in [0.25, 0.3) is 11.4 Å². The molecule has 0 unspecified atom stereocenters. The van der Waals surface area contributed by atoms with E-state index in [0.717, 1.165) is 28.9 Å². The number of amides is 1. The molecule has 7 heteroatoms. The lowest BCUT2D eigenvalue weighted by Gasteiger charge is -2.07. The van der Waals surface area contributed by atoms with Crippen molar-refractivity contribution in [1.82, 2.24) is 19.7 Å². The van der Waals surface area contributed by atoms with Gasteiger partial charge in [-0.25, -0.2) is 9.48 Å². The monoisotopic (exact) mass is 392 g/mol. The van der Waals surface area contributed by atoms with E-state index in [9.17, 15) is 9.59 Å². The van der Waals surface area contributed by atoms with Gasteiger partial charge >= 0.3 is 5.69 Å². The third kappa shape index (κ3) is 3.94. The molecule has 1 aromatic heterocycles. The molecule has 150 valence electrons. The maximum atomic E-state index is 12.6. The molecule has 7 nitrogen and oxygen atoms in total. The Morgan fingerprint density at radius 2 is 2.03 bits per heavy atom. The Morgan fingerprint density at radius 1 is 1.24 bits per heavy atom. The van der Waals surface area contributed by atoms with Crippen molar-refractivity contribution in [1.29, 1.82) is 0 Å². The highest BCUT2D eigenvalue weighted by Gasteiger charge is 2.19. The van der Waals surface area contributed by atoms with E-state index in [0.29, 0.717) is 18.9 Å². The molecular formula is C22H24N4O3. The largest absolute Gasteiger partial charge is 0.490 e. The molecule has 0 fully saturated rings. The highest BCUT2D eigenvalue weighted by Crippen LogP contribution is 2.29. The van der Waals surface area contributed by atoms with Crippen LogP contribution in [0.1, 0.15) is 25.0 Å². The summed E-state index contributed by atoms with van der Waals surface area (Å²) in [6.45, 7) is 4.70. The number of nitrogens with zero attached hydrogens (tertiary/aromatic N) is 3. The van der Waals surface area contributed by atoms with Crippen LogP contribution in [0.2, 0.25) is 0 Å². The van der Waals surface area contributed by atoms with Crippen molar-refractivity contribution in [2.24, 2.45) is 0 Å². The summed E-state index contributed by atoms with van der Waals surface area (Å²) in [6, 6.07) is 15.5. The van der Waals surface area contributed by atoms with Crippen molar-refractivity contribution in [2.75, 3.05) is 0 Å². The standard InChI is InChI=1S/C22H24N4O3/c1-3-25-21(17-7-5-4-6-8-17)24-26(22(25)28)14-20(27)23-13-16-9-10-19-18(12-16)11-15(2)29-19/h4-10,12,15H,3,11,13-14H2,1-2H3,(H,23,27)/t15-/m1/s1. The van der Waals surface area contributed by atoms with Crippen LogP contribution in [-0.4, -0.2) is 26.4 Å². The van der Waals surface area contributed by atoms with Crippen LogP contribution in [0.15, 0.2) is 53.3 Å². The molecule has 1 N–H and O–H groups in total. The van der Waals surface area contributed by atoms with Gasteiger partial charge in [0.25, 0.3) is 0 Å². The number of hydrogen-bond acceptors (Lipinski definition) is 4. The second-order valence-electron chi connectivity index (χ2n) is 7.23. The van der Waals surface area contributed by atoms with Gasteiger partial charge < -0.3 is 10.1 Å². The predicted octanol–water partition coefficient (Wildman–Crippen LogP) is 2.37. The number of carbonyl (C=O) groups excluding carboxylic acids is 1. The van der Waals surface area contributed by atoms with E-state index >= 15 is 0 Å². The van der Waals surface area contributed by atoms with Gasteiger partial charge in [-0.3, -0.25) is 9.36 Å². The first-order valence-electron chi connectivity index (χ1n) is 9.83. The van der Waals surface area contributed by atoms with Crippen molar-refractivity contribution >= 4 is 5.91 Å². The second-order valence-corrected chi connectivity index (χ2v) is 7.23. The smallest absolute Gasteiger partial charge is 0.346 e. The Labute approximate surface area is 168 Å². The van der Waals surface area contributed by atoms with Crippen molar-refractivity contribution in [2.45, 2.75) is 46.0 Å². The Balaban J connectivity index is 1.45. The van der Waals surface area contributed by atoms with Crippen LogP contribution in [0.3, 0.4) is 0 Å². The fourth-order valence-corrected chi connectivity index (χ4v) is 3.61. The van der Waals surface area contributed by atoms with Crippen LogP contribution in [0.5, 0.6) is 5.75 Å². The summed E-state index contributed by atoms with van der Waals surface area (Å²) in [5, 5.41) is 7.27. The summed E-state index contributed by atoms with van der Waals surface area (Å²) in [5.74, 6) is 1.23. The maximum Gasteiger partial charge on any atom is 0.346 e. The van der Waals surface area contributed by atoms with Gasteiger partial charge in [0.1, 0.15) is 18.4 Å². The molecule has 1 aliphatic heterocycles. The first kappa shape index (κ1) is 19.0. The topological polar surface area (TPSA) is 78.2 Å². The fourth-order valence-electron chi connectivity index (χ4n) is 3.61. The minimum atomic E-state index is -0.287. The molecule has 0 bridgehead atoms. The number of benzene rings is 2. The molecular weight excluding hydrogens is 368 g/mol. The molecule has 2 aromatic carbocycles. The van der Waals surface area contributed by atoms with E-state index < -0.39 is 0 Å². The summed E-state index contributed by atoms with van der Waals surface area (Å²) in [6.07, 6.45) is 1.07. The van der Waals surface area contributed by atoms with E-state index in [2.05, 4.69) is 16.5 Å². The Hall–Kier alpha value is -3.35. The van der Waals surface area contributed by atoms with Gasteiger partial charge in [-0.2, -0.15) is 0 Å². The van der Waals surface area contributed by atoms with E-state index in [1.54, 1.807) is 4.57 Å². The number of ether oxygens (including phenoxy) is 1. The van der Waals surface area contributed by atoms with Crippen molar-refractivity contribution in [3.05, 3.63) is 70.1 Å². The van der Waals surface area contributed by atoms with Gasteiger partial charge in [0.05, 0.1) is 0 Å². The molecule has 0 saturated heterocycles. The third-order valence-electron chi connectivity index (χ3n) is 5.01. The lowest BCUT2D eigenvalue weighted by molar-refractivity contribution is -0.122. The summed E-state index contributed by atoms with van der Waals surface area (Å²) in [5.41, 5.74) is 2.73. The van der Waals surface area contributed by atoms with Crippen LogP contribution < -0.4 is 15.7 Å². The van der Waals surface area contributed by atoms with Gasteiger partial charge in [0.2, 0.25) is 5.91 Å². The van der Waals surface area contributed by atoms with Gasteiger partial charge in [-0.15, -0.1) is 5.10 Å². The van der Waals surface area contributed by atoms with Crippen molar-refractivity contribution < 1.29 is 9.53 Å².